The van der Waals surface area contributed by atoms with E-state index in [0.717, 1.165) is 10.8 Å². The van der Waals surface area contributed by atoms with Gasteiger partial charge in [0.05, 0.1) is 17.7 Å². The first-order valence-corrected chi connectivity index (χ1v) is 6.98. The van der Waals surface area contributed by atoms with E-state index in [2.05, 4.69) is 0 Å². The monoisotopic (exact) mass is 233 g/mol. The van der Waals surface area contributed by atoms with Crippen molar-refractivity contribution in [2.24, 2.45) is 0 Å². The first-order chi connectivity index (χ1) is 6.51. The largest absolute Gasteiger partial charge is 0.495 e. The highest BCUT2D eigenvalue weighted by atomic mass is 33.1. The Morgan fingerprint density at radius 3 is 2.50 bits per heavy atom. The predicted molar refractivity (Wildman–Crippen MR) is 58.1 cm³/mol. The minimum atomic E-state index is -3.26. The fourth-order valence-electron chi connectivity index (χ4n) is 0.964. The molecule has 2 N–H and O–H groups in total. The molecule has 1 aromatic rings. The second kappa shape index (κ2) is 4.10. The lowest BCUT2D eigenvalue weighted by molar-refractivity contribution is 0.416. The molecule has 0 unspecified atom stereocenters. The van der Waals surface area contributed by atoms with Gasteiger partial charge >= 0.3 is 0 Å². The zero-order valence-electron chi connectivity index (χ0n) is 7.85. The number of benzene rings is 1. The van der Waals surface area contributed by atoms with Crippen molar-refractivity contribution in [1.29, 1.82) is 0 Å². The molecule has 78 valence electrons. The lowest BCUT2D eigenvalue weighted by Crippen LogP contribution is -1.98. The number of rotatable bonds is 3. The highest BCUT2D eigenvalue weighted by molar-refractivity contribution is 8.71. The van der Waals surface area contributed by atoms with Crippen LogP contribution in [0.2, 0.25) is 0 Å². The molecule has 6 heteroatoms. The van der Waals surface area contributed by atoms with Crippen molar-refractivity contribution in [2.75, 3.05) is 19.1 Å². The summed E-state index contributed by atoms with van der Waals surface area (Å²) in [5.74, 6) is 0.477. The van der Waals surface area contributed by atoms with Gasteiger partial charge in [-0.25, -0.2) is 8.42 Å². The Bertz CT molecular complexity index is 428. The molecule has 4 nitrogen and oxygen atoms in total. The predicted octanol–water partition coefficient (Wildman–Crippen LogP) is 1.33. The van der Waals surface area contributed by atoms with Gasteiger partial charge in [-0.2, -0.15) is 0 Å². The molecule has 1 aromatic carbocycles. The number of hydrogen-bond acceptors (Lipinski definition) is 5. The summed E-state index contributed by atoms with van der Waals surface area (Å²) >= 11 is 0. The Balaban J connectivity index is 3.22. The molecule has 0 aliphatic carbocycles. The van der Waals surface area contributed by atoms with Crippen molar-refractivity contribution in [3.63, 3.8) is 0 Å². The molecule has 0 spiro atoms. The molecule has 14 heavy (non-hydrogen) atoms. The smallest absolute Gasteiger partial charge is 0.229 e. The van der Waals surface area contributed by atoms with E-state index in [-0.39, 0.29) is 4.90 Å². The van der Waals surface area contributed by atoms with Crippen LogP contribution >= 0.6 is 10.8 Å². The quantitative estimate of drug-likeness (QED) is 0.630. The van der Waals surface area contributed by atoms with Gasteiger partial charge in [0.1, 0.15) is 5.75 Å². The van der Waals surface area contributed by atoms with Crippen LogP contribution in [0.4, 0.5) is 5.69 Å². The van der Waals surface area contributed by atoms with Gasteiger partial charge < -0.3 is 10.5 Å². The van der Waals surface area contributed by atoms with Crippen molar-refractivity contribution in [2.45, 2.75) is 4.90 Å². The van der Waals surface area contributed by atoms with Gasteiger partial charge in [0, 0.05) is 0 Å². The Kier molecular flexibility index (Phi) is 3.28. The van der Waals surface area contributed by atoms with Crippen LogP contribution in [0.1, 0.15) is 0 Å². The molecule has 0 radical (unpaired) electrons. The standard InChI is InChI=1S/C8H11NO3S2/c1-12-8-4-3-6(5-7(8)9)14(10,11)13-2/h3-5H,9H2,1-2H3. The zero-order chi connectivity index (χ0) is 10.8. The third-order valence-corrected chi connectivity index (χ3v) is 4.87. The van der Waals surface area contributed by atoms with Gasteiger partial charge in [-0.15, -0.1) is 0 Å². The molecule has 0 aliphatic heterocycles. The van der Waals surface area contributed by atoms with Gasteiger partial charge in [0.25, 0.3) is 0 Å². The van der Waals surface area contributed by atoms with Crippen molar-refractivity contribution >= 4 is 25.4 Å². The summed E-state index contributed by atoms with van der Waals surface area (Å²) < 4.78 is 27.8. The van der Waals surface area contributed by atoms with Gasteiger partial charge in [-0.3, -0.25) is 0 Å². The molecular weight excluding hydrogens is 222 g/mol. The molecule has 0 aromatic heterocycles. The molecule has 0 saturated carbocycles. The van der Waals surface area contributed by atoms with Crippen LogP contribution in [0, 0.1) is 0 Å². The molecule has 0 atom stereocenters. The molecule has 0 heterocycles. The summed E-state index contributed by atoms with van der Waals surface area (Å²) in [6, 6.07) is 4.41. The van der Waals surface area contributed by atoms with E-state index < -0.39 is 8.87 Å². The van der Waals surface area contributed by atoms with Gasteiger partial charge in [0.15, 0.2) is 0 Å². The van der Waals surface area contributed by atoms with Crippen molar-refractivity contribution in [3.05, 3.63) is 18.2 Å². The summed E-state index contributed by atoms with van der Waals surface area (Å²) in [7, 11) is -1.01. The maximum Gasteiger partial charge on any atom is 0.229 e. The van der Waals surface area contributed by atoms with Gasteiger partial charge in [-0.05, 0) is 35.2 Å². The summed E-state index contributed by atoms with van der Waals surface area (Å²) in [6.07, 6.45) is 1.51. The van der Waals surface area contributed by atoms with Crippen LogP contribution in [0.15, 0.2) is 23.1 Å². The number of anilines is 1. The Hall–Kier alpha value is -0.880. The van der Waals surface area contributed by atoms with E-state index in [9.17, 15) is 8.42 Å². The molecular formula is C8H11NO3S2. The van der Waals surface area contributed by atoms with Crippen molar-refractivity contribution in [1.82, 2.24) is 0 Å². The summed E-state index contributed by atoms with van der Waals surface area (Å²) in [5.41, 5.74) is 5.91. The minimum absolute atomic E-state index is 0.198. The van der Waals surface area contributed by atoms with E-state index in [4.69, 9.17) is 10.5 Å². The zero-order valence-corrected chi connectivity index (χ0v) is 9.48. The van der Waals surface area contributed by atoms with Crippen LogP contribution in [-0.4, -0.2) is 21.8 Å². The number of nitrogens with two attached hydrogens (primary N) is 1. The number of methoxy groups -OCH3 is 1. The van der Waals surface area contributed by atoms with E-state index in [1.165, 1.54) is 25.5 Å². The van der Waals surface area contributed by atoms with Crippen molar-refractivity contribution < 1.29 is 13.2 Å². The van der Waals surface area contributed by atoms with Crippen LogP contribution < -0.4 is 10.5 Å². The summed E-state index contributed by atoms with van der Waals surface area (Å²) in [4.78, 5) is 0.198. The summed E-state index contributed by atoms with van der Waals surface area (Å²) in [5, 5.41) is 0. The molecule has 0 saturated heterocycles. The lowest BCUT2D eigenvalue weighted by atomic mass is 10.3. The minimum Gasteiger partial charge on any atom is -0.495 e. The van der Waals surface area contributed by atoms with E-state index in [0.29, 0.717) is 11.4 Å². The van der Waals surface area contributed by atoms with E-state index in [1.54, 1.807) is 6.07 Å². The average molecular weight is 233 g/mol. The SMILES string of the molecule is COc1ccc(S(=O)(=O)SC)cc1N. The number of nitrogen functional groups attached to an aromatic ring is 1. The highest BCUT2D eigenvalue weighted by Gasteiger charge is 2.13. The van der Waals surface area contributed by atoms with E-state index in [1.807, 2.05) is 0 Å². The second-order valence-electron chi connectivity index (χ2n) is 2.52. The molecule has 0 amide bonds. The molecule has 0 bridgehead atoms. The first-order valence-electron chi connectivity index (χ1n) is 3.75. The number of ether oxygens (including phenoxy) is 1. The third-order valence-electron chi connectivity index (χ3n) is 1.71. The molecule has 1 rings (SSSR count). The van der Waals surface area contributed by atoms with Crippen LogP contribution in [0.3, 0.4) is 0 Å². The van der Waals surface area contributed by atoms with Crippen LogP contribution in [0.25, 0.3) is 0 Å². The van der Waals surface area contributed by atoms with Crippen LogP contribution in [-0.2, 0) is 8.87 Å². The first kappa shape index (κ1) is 11.2. The maximum atomic E-state index is 11.4. The third kappa shape index (κ3) is 2.13. The normalized spacial score (nSPS) is 11.3. The van der Waals surface area contributed by atoms with Crippen LogP contribution in [0.5, 0.6) is 5.75 Å². The van der Waals surface area contributed by atoms with Gasteiger partial charge in [-0.1, -0.05) is 0 Å². The Labute approximate surface area is 86.8 Å². The lowest BCUT2D eigenvalue weighted by Gasteiger charge is -2.06. The molecule has 0 aliphatic rings. The molecule has 0 fully saturated rings. The maximum absolute atomic E-state index is 11.4. The van der Waals surface area contributed by atoms with Crippen molar-refractivity contribution in [3.8, 4) is 5.75 Å². The topological polar surface area (TPSA) is 69.4 Å². The van der Waals surface area contributed by atoms with E-state index >= 15 is 0 Å². The fraction of sp³-hybridized carbons (Fsp3) is 0.250. The fourth-order valence-corrected chi connectivity index (χ4v) is 2.55. The average Bonchev–Trinajstić information content (AvgIpc) is 2.17. The Morgan fingerprint density at radius 1 is 1.43 bits per heavy atom. The van der Waals surface area contributed by atoms with Gasteiger partial charge in [0.2, 0.25) is 8.87 Å². The second-order valence-corrected chi connectivity index (χ2v) is 6.55. The Morgan fingerprint density at radius 2 is 2.07 bits per heavy atom. The summed E-state index contributed by atoms with van der Waals surface area (Å²) in [6.45, 7) is 0. The highest BCUT2D eigenvalue weighted by Crippen LogP contribution is 2.28. The number of hydrogen-bond donors (Lipinski definition) is 1.